The standard InChI is InChI=1S/C76H144O17P2/c1-6-9-12-15-18-21-24-27-30-32-35-38-41-46-52-57-62-75(80)92-71(65-86-73(78)59-54-49-44-39-36-34-31-28-25-22-19-16-13-10-7-2)67-90-94(82,83)88-63-70(77)64-89-95(84,85)91-68-72(66-87-74(79)60-55-50-47-42-43-48-53-58-69(4)5)93-76(81)61-56-51-45-40-37-33-29-26-23-20-17-14-11-8-3/h22,25,28,31,69-72,77H,6-21,23-24,26-27,29-30,32-68H2,1-5H3,(H,82,83)(H,84,85)/b25-22-,31-28-/t70-,71-,72-/m1/s1. The molecule has 0 bridgehead atoms. The van der Waals surface area contributed by atoms with Crippen molar-refractivity contribution in [3.05, 3.63) is 24.3 Å². The van der Waals surface area contributed by atoms with Gasteiger partial charge in [-0.25, -0.2) is 9.13 Å². The van der Waals surface area contributed by atoms with Crippen molar-refractivity contribution < 1.29 is 80.2 Å². The van der Waals surface area contributed by atoms with E-state index in [0.717, 1.165) is 116 Å². The van der Waals surface area contributed by atoms with Crippen LogP contribution in [0.3, 0.4) is 0 Å². The lowest BCUT2D eigenvalue weighted by molar-refractivity contribution is -0.161. The summed E-state index contributed by atoms with van der Waals surface area (Å²) in [4.78, 5) is 72.8. The van der Waals surface area contributed by atoms with E-state index >= 15 is 0 Å². The molecule has 2 unspecified atom stereocenters. The van der Waals surface area contributed by atoms with E-state index in [1.54, 1.807) is 0 Å². The highest BCUT2D eigenvalue weighted by Gasteiger charge is 2.30. The van der Waals surface area contributed by atoms with E-state index in [1.807, 2.05) is 0 Å². The zero-order chi connectivity index (χ0) is 69.8. The summed E-state index contributed by atoms with van der Waals surface area (Å²) in [5, 5.41) is 10.6. The summed E-state index contributed by atoms with van der Waals surface area (Å²) in [7, 11) is -9.92. The maximum absolute atomic E-state index is 13.1. The molecule has 0 saturated carbocycles. The first-order valence-corrected chi connectivity index (χ1v) is 41.9. The Hall–Kier alpha value is -2.46. The van der Waals surface area contributed by atoms with E-state index in [1.165, 1.54) is 173 Å². The van der Waals surface area contributed by atoms with E-state index in [9.17, 15) is 43.2 Å². The van der Waals surface area contributed by atoms with Crippen LogP contribution >= 0.6 is 15.6 Å². The van der Waals surface area contributed by atoms with Crippen LogP contribution in [0.15, 0.2) is 24.3 Å². The van der Waals surface area contributed by atoms with Crippen LogP contribution in [0.2, 0.25) is 0 Å². The SMILES string of the molecule is CCCCCC/C=C\C=C/CCCCCCCC(=O)OC[C@H](COP(=O)(O)OC[C@@H](O)COP(=O)(O)OC[C@@H](COC(=O)CCCCCCCCCC(C)C)OC(=O)CCCCCCCCCCCCCCCC)OC(=O)CCCCCCCCCCCCCCCCCC. The summed E-state index contributed by atoms with van der Waals surface area (Å²) in [6.07, 6.45) is 60.4. The number of ether oxygens (including phenoxy) is 4. The molecule has 95 heavy (non-hydrogen) atoms. The third-order valence-electron chi connectivity index (χ3n) is 17.2. The van der Waals surface area contributed by atoms with Crippen molar-refractivity contribution in [2.24, 2.45) is 5.92 Å². The summed E-state index contributed by atoms with van der Waals surface area (Å²) in [6.45, 7) is 7.18. The Bertz CT molecular complexity index is 1920. The predicted molar refractivity (Wildman–Crippen MR) is 386 cm³/mol. The molecule has 0 saturated heterocycles. The fourth-order valence-corrected chi connectivity index (χ4v) is 12.7. The Morgan fingerprint density at radius 3 is 0.863 bits per heavy atom. The van der Waals surface area contributed by atoms with Crippen LogP contribution in [0.25, 0.3) is 0 Å². The predicted octanol–water partition coefficient (Wildman–Crippen LogP) is 22.0. The molecular formula is C76H144O17P2. The topological polar surface area (TPSA) is 237 Å². The molecule has 5 atom stereocenters. The Morgan fingerprint density at radius 1 is 0.326 bits per heavy atom. The minimum absolute atomic E-state index is 0.102. The number of unbranched alkanes of at least 4 members (excludes halogenated alkanes) is 43. The number of rotatable bonds is 74. The quantitative estimate of drug-likeness (QED) is 0.0169. The highest BCUT2D eigenvalue weighted by molar-refractivity contribution is 7.47. The number of hydrogen-bond acceptors (Lipinski definition) is 15. The Morgan fingerprint density at radius 2 is 0.568 bits per heavy atom. The van der Waals surface area contributed by atoms with E-state index in [-0.39, 0.29) is 25.7 Å². The van der Waals surface area contributed by atoms with Gasteiger partial charge in [0.05, 0.1) is 26.4 Å². The second-order valence-corrected chi connectivity index (χ2v) is 30.1. The molecule has 0 heterocycles. The van der Waals surface area contributed by atoms with E-state index in [2.05, 4.69) is 58.9 Å². The monoisotopic (exact) mass is 1390 g/mol. The minimum Gasteiger partial charge on any atom is -0.462 e. The van der Waals surface area contributed by atoms with Crippen LogP contribution < -0.4 is 0 Å². The number of phosphoric ester groups is 2. The van der Waals surface area contributed by atoms with Gasteiger partial charge < -0.3 is 33.8 Å². The lowest BCUT2D eigenvalue weighted by Crippen LogP contribution is -2.30. The molecule has 0 amide bonds. The Labute approximate surface area is 580 Å². The molecule has 0 fully saturated rings. The average molecular weight is 1390 g/mol. The van der Waals surface area contributed by atoms with Crippen LogP contribution in [-0.2, 0) is 65.4 Å². The molecule has 0 aromatic heterocycles. The summed E-state index contributed by atoms with van der Waals surface area (Å²) < 4.78 is 68.5. The lowest BCUT2D eigenvalue weighted by Gasteiger charge is -2.21. The van der Waals surface area contributed by atoms with Gasteiger partial charge in [-0.2, -0.15) is 0 Å². The Balaban J connectivity index is 5.28. The summed E-state index contributed by atoms with van der Waals surface area (Å²) in [6, 6.07) is 0. The lowest BCUT2D eigenvalue weighted by atomic mass is 10.0. The number of esters is 4. The molecule has 0 aliphatic heterocycles. The first kappa shape index (κ1) is 92.5. The van der Waals surface area contributed by atoms with Crippen molar-refractivity contribution in [1.29, 1.82) is 0 Å². The van der Waals surface area contributed by atoms with Crippen molar-refractivity contribution in [1.82, 2.24) is 0 Å². The number of aliphatic hydroxyl groups excluding tert-OH is 1. The first-order chi connectivity index (χ1) is 46.0. The molecule has 0 aliphatic rings. The number of carbonyl (C=O) groups is 4. The van der Waals surface area contributed by atoms with Gasteiger partial charge in [-0.3, -0.25) is 37.3 Å². The smallest absolute Gasteiger partial charge is 0.462 e. The molecule has 0 aromatic rings. The van der Waals surface area contributed by atoms with Gasteiger partial charge in [-0.1, -0.05) is 322 Å². The normalized spacial score (nSPS) is 14.1. The molecule has 0 aliphatic carbocycles. The van der Waals surface area contributed by atoms with Gasteiger partial charge in [0.15, 0.2) is 12.2 Å². The first-order valence-electron chi connectivity index (χ1n) is 39.0. The van der Waals surface area contributed by atoms with Gasteiger partial charge in [0.25, 0.3) is 0 Å². The minimum atomic E-state index is -4.96. The van der Waals surface area contributed by atoms with Crippen molar-refractivity contribution in [2.75, 3.05) is 39.6 Å². The second-order valence-electron chi connectivity index (χ2n) is 27.2. The van der Waals surface area contributed by atoms with Crippen molar-refractivity contribution >= 4 is 39.5 Å². The number of hydrogen-bond donors (Lipinski definition) is 3. The summed E-state index contributed by atoms with van der Waals surface area (Å²) >= 11 is 0. The van der Waals surface area contributed by atoms with E-state index in [4.69, 9.17) is 37.0 Å². The van der Waals surface area contributed by atoms with Gasteiger partial charge in [0.2, 0.25) is 0 Å². The van der Waals surface area contributed by atoms with Gasteiger partial charge in [-0.15, -0.1) is 0 Å². The summed E-state index contributed by atoms with van der Waals surface area (Å²) in [5.41, 5.74) is 0. The number of allylic oxidation sites excluding steroid dienone is 4. The molecule has 0 aromatic carbocycles. The van der Waals surface area contributed by atoms with Crippen LogP contribution in [0.5, 0.6) is 0 Å². The Kier molecular flexibility index (Phi) is 66.9. The third-order valence-corrected chi connectivity index (χ3v) is 19.1. The maximum Gasteiger partial charge on any atom is 0.472 e. The molecule has 0 radical (unpaired) electrons. The average Bonchev–Trinajstić information content (AvgIpc) is 1.44. The van der Waals surface area contributed by atoms with Crippen LogP contribution in [0.4, 0.5) is 0 Å². The van der Waals surface area contributed by atoms with Crippen molar-refractivity contribution in [3.8, 4) is 0 Å². The highest BCUT2D eigenvalue weighted by Crippen LogP contribution is 2.45. The second kappa shape index (κ2) is 68.7. The highest BCUT2D eigenvalue weighted by atomic mass is 31.2. The molecule has 0 rings (SSSR count). The zero-order valence-corrected chi connectivity index (χ0v) is 63.1. The largest absolute Gasteiger partial charge is 0.472 e. The van der Waals surface area contributed by atoms with Crippen LogP contribution in [0.1, 0.15) is 375 Å². The summed E-state index contributed by atoms with van der Waals surface area (Å²) in [5.74, 6) is -1.44. The molecule has 17 nitrogen and oxygen atoms in total. The molecule has 3 N–H and O–H groups in total. The van der Waals surface area contributed by atoms with Crippen LogP contribution in [-0.4, -0.2) is 96.7 Å². The molecule has 560 valence electrons. The molecule has 19 heteroatoms. The van der Waals surface area contributed by atoms with Gasteiger partial charge in [0.1, 0.15) is 19.3 Å². The fraction of sp³-hybridized carbons (Fsp3) is 0.895. The third kappa shape index (κ3) is 69.8. The molecular weight excluding hydrogens is 1250 g/mol. The number of phosphoric acid groups is 2. The fourth-order valence-electron chi connectivity index (χ4n) is 11.2. The van der Waals surface area contributed by atoms with E-state index in [0.29, 0.717) is 31.6 Å². The van der Waals surface area contributed by atoms with Gasteiger partial charge in [0, 0.05) is 25.7 Å². The van der Waals surface area contributed by atoms with Crippen LogP contribution in [0, 0.1) is 5.92 Å². The van der Waals surface area contributed by atoms with Gasteiger partial charge in [-0.05, 0) is 57.3 Å². The van der Waals surface area contributed by atoms with E-state index < -0.39 is 97.5 Å². The van der Waals surface area contributed by atoms with Crippen molar-refractivity contribution in [3.63, 3.8) is 0 Å². The van der Waals surface area contributed by atoms with Gasteiger partial charge >= 0.3 is 39.5 Å². The zero-order valence-electron chi connectivity index (χ0n) is 61.3. The maximum atomic E-state index is 13.1. The molecule has 0 spiro atoms. The van der Waals surface area contributed by atoms with Crippen molar-refractivity contribution in [2.45, 2.75) is 393 Å². The number of carbonyl (C=O) groups excluding carboxylic acids is 4. The number of aliphatic hydroxyl groups is 1.